The molecule has 0 saturated carbocycles. The molecule has 92 valence electrons. The standard InChI is InChI=1S/C12H18N4O/c1-2-16(7-8-17)6-5-14-12-4-3-11(9-13)10-15-12/h3-4,10,17H,2,5-8H2,1H3,(H,14,15). The molecule has 0 spiro atoms. The lowest BCUT2D eigenvalue weighted by Crippen LogP contribution is -2.31. The van der Waals surface area contributed by atoms with Gasteiger partial charge in [0.25, 0.3) is 0 Å². The molecule has 17 heavy (non-hydrogen) atoms. The average Bonchev–Trinajstić information content (AvgIpc) is 2.38. The largest absolute Gasteiger partial charge is 0.395 e. The molecule has 0 aliphatic rings. The Morgan fingerprint density at radius 3 is 2.82 bits per heavy atom. The van der Waals surface area contributed by atoms with Crippen LogP contribution in [0.4, 0.5) is 5.82 Å². The first-order valence-corrected chi connectivity index (χ1v) is 5.73. The van der Waals surface area contributed by atoms with Gasteiger partial charge in [0.05, 0.1) is 12.2 Å². The van der Waals surface area contributed by atoms with E-state index in [4.69, 9.17) is 10.4 Å². The Labute approximate surface area is 102 Å². The minimum atomic E-state index is 0.183. The fourth-order valence-corrected chi connectivity index (χ4v) is 1.48. The highest BCUT2D eigenvalue weighted by Crippen LogP contribution is 2.03. The van der Waals surface area contributed by atoms with Crippen LogP contribution in [0.25, 0.3) is 0 Å². The van der Waals surface area contributed by atoms with E-state index in [1.54, 1.807) is 18.3 Å². The van der Waals surface area contributed by atoms with E-state index in [0.29, 0.717) is 12.1 Å². The van der Waals surface area contributed by atoms with Gasteiger partial charge < -0.3 is 10.4 Å². The summed E-state index contributed by atoms with van der Waals surface area (Å²) in [6.07, 6.45) is 1.55. The van der Waals surface area contributed by atoms with Gasteiger partial charge in [-0.05, 0) is 18.7 Å². The van der Waals surface area contributed by atoms with Crippen molar-refractivity contribution in [2.45, 2.75) is 6.92 Å². The molecule has 1 aromatic heterocycles. The van der Waals surface area contributed by atoms with Crippen molar-refractivity contribution in [3.8, 4) is 6.07 Å². The van der Waals surface area contributed by atoms with Crippen LogP contribution >= 0.6 is 0 Å². The summed E-state index contributed by atoms with van der Waals surface area (Å²) in [4.78, 5) is 6.27. The molecular weight excluding hydrogens is 216 g/mol. The van der Waals surface area contributed by atoms with E-state index >= 15 is 0 Å². The van der Waals surface area contributed by atoms with Crippen molar-refractivity contribution < 1.29 is 5.11 Å². The molecule has 0 bridgehead atoms. The molecule has 0 amide bonds. The molecule has 1 rings (SSSR count). The van der Waals surface area contributed by atoms with Gasteiger partial charge in [-0.15, -0.1) is 0 Å². The lowest BCUT2D eigenvalue weighted by molar-refractivity contribution is 0.206. The van der Waals surface area contributed by atoms with Gasteiger partial charge >= 0.3 is 0 Å². The summed E-state index contributed by atoms with van der Waals surface area (Å²) < 4.78 is 0. The molecule has 1 aromatic rings. The zero-order valence-corrected chi connectivity index (χ0v) is 10.1. The van der Waals surface area contributed by atoms with Gasteiger partial charge in [0.15, 0.2) is 0 Å². The number of nitrogens with one attached hydrogen (secondary N) is 1. The van der Waals surface area contributed by atoms with E-state index in [2.05, 4.69) is 22.1 Å². The number of nitriles is 1. The Morgan fingerprint density at radius 1 is 1.47 bits per heavy atom. The quantitative estimate of drug-likeness (QED) is 0.726. The molecule has 0 saturated heterocycles. The smallest absolute Gasteiger partial charge is 0.126 e. The number of aliphatic hydroxyl groups excluding tert-OH is 1. The molecule has 5 heteroatoms. The molecular formula is C12H18N4O. The zero-order valence-electron chi connectivity index (χ0n) is 10.1. The Hall–Kier alpha value is -1.64. The van der Waals surface area contributed by atoms with Crippen LogP contribution in [0, 0.1) is 11.3 Å². The Balaban J connectivity index is 2.32. The predicted molar refractivity (Wildman–Crippen MR) is 66.6 cm³/mol. The van der Waals surface area contributed by atoms with Crippen LogP contribution in [0.15, 0.2) is 18.3 Å². The molecule has 2 N–H and O–H groups in total. The van der Waals surface area contributed by atoms with E-state index in [9.17, 15) is 0 Å². The van der Waals surface area contributed by atoms with Gasteiger partial charge in [-0.3, -0.25) is 4.90 Å². The summed E-state index contributed by atoms with van der Waals surface area (Å²) in [6.45, 7) is 5.49. The number of nitrogens with zero attached hydrogens (tertiary/aromatic N) is 3. The van der Waals surface area contributed by atoms with Crippen molar-refractivity contribution >= 4 is 5.82 Å². The van der Waals surface area contributed by atoms with E-state index < -0.39 is 0 Å². The van der Waals surface area contributed by atoms with Crippen LogP contribution in [0.5, 0.6) is 0 Å². The Morgan fingerprint density at radius 2 is 2.29 bits per heavy atom. The third kappa shape index (κ3) is 4.81. The molecule has 0 aliphatic carbocycles. The summed E-state index contributed by atoms with van der Waals surface area (Å²) in [7, 11) is 0. The zero-order chi connectivity index (χ0) is 12.5. The third-order valence-corrected chi connectivity index (χ3v) is 2.49. The van der Waals surface area contributed by atoms with Gasteiger partial charge in [-0.25, -0.2) is 4.98 Å². The van der Waals surface area contributed by atoms with E-state index in [0.717, 1.165) is 25.5 Å². The first-order chi connectivity index (χ1) is 8.30. The van der Waals surface area contributed by atoms with Gasteiger partial charge in [0, 0.05) is 25.8 Å². The first-order valence-electron chi connectivity index (χ1n) is 5.73. The van der Waals surface area contributed by atoms with Crippen LogP contribution in [0.2, 0.25) is 0 Å². The number of pyridine rings is 1. The van der Waals surface area contributed by atoms with Gasteiger partial charge in [0.1, 0.15) is 11.9 Å². The van der Waals surface area contributed by atoms with Gasteiger partial charge in [0.2, 0.25) is 0 Å². The summed E-state index contributed by atoms with van der Waals surface area (Å²) in [5.74, 6) is 0.768. The van der Waals surface area contributed by atoms with Crippen molar-refractivity contribution in [3.63, 3.8) is 0 Å². The third-order valence-electron chi connectivity index (χ3n) is 2.49. The number of hydrogen-bond donors (Lipinski definition) is 2. The van der Waals surface area contributed by atoms with Crippen molar-refractivity contribution in [2.75, 3.05) is 38.1 Å². The topological polar surface area (TPSA) is 72.2 Å². The second-order valence-electron chi connectivity index (χ2n) is 3.63. The monoisotopic (exact) mass is 234 g/mol. The number of likely N-dealkylation sites (N-methyl/N-ethyl adjacent to an activating group) is 1. The van der Waals surface area contributed by atoms with Crippen molar-refractivity contribution in [2.24, 2.45) is 0 Å². The SMILES string of the molecule is CCN(CCO)CCNc1ccc(C#N)cn1. The highest BCUT2D eigenvalue weighted by Gasteiger charge is 2.00. The van der Waals surface area contributed by atoms with Gasteiger partial charge in [-0.2, -0.15) is 5.26 Å². The molecule has 0 unspecified atom stereocenters. The van der Waals surface area contributed by atoms with Gasteiger partial charge in [-0.1, -0.05) is 6.92 Å². The minimum absolute atomic E-state index is 0.183. The van der Waals surface area contributed by atoms with Crippen LogP contribution in [-0.2, 0) is 0 Å². The maximum atomic E-state index is 8.84. The number of hydrogen-bond acceptors (Lipinski definition) is 5. The van der Waals surface area contributed by atoms with E-state index in [1.165, 1.54) is 0 Å². The highest BCUT2D eigenvalue weighted by molar-refractivity contribution is 5.38. The first kappa shape index (κ1) is 13.4. The van der Waals surface area contributed by atoms with Crippen LogP contribution < -0.4 is 5.32 Å². The Bertz CT molecular complexity index is 358. The molecule has 0 atom stereocenters. The molecule has 0 radical (unpaired) electrons. The molecule has 0 fully saturated rings. The predicted octanol–water partition coefficient (Wildman–Crippen LogP) is 0.679. The number of aromatic nitrogens is 1. The van der Waals surface area contributed by atoms with E-state index in [-0.39, 0.29) is 6.61 Å². The fourth-order valence-electron chi connectivity index (χ4n) is 1.48. The van der Waals surface area contributed by atoms with Crippen molar-refractivity contribution in [1.29, 1.82) is 5.26 Å². The summed E-state index contributed by atoms with van der Waals surface area (Å²) in [5, 5.41) is 20.6. The van der Waals surface area contributed by atoms with Crippen LogP contribution in [-0.4, -0.2) is 47.8 Å². The molecule has 0 aromatic carbocycles. The average molecular weight is 234 g/mol. The maximum absolute atomic E-state index is 8.84. The Kier molecular flexibility index (Phi) is 6.00. The minimum Gasteiger partial charge on any atom is -0.395 e. The van der Waals surface area contributed by atoms with Crippen molar-refractivity contribution in [3.05, 3.63) is 23.9 Å². The van der Waals surface area contributed by atoms with Crippen LogP contribution in [0.1, 0.15) is 12.5 Å². The number of rotatable bonds is 7. The fraction of sp³-hybridized carbons (Fsp3) is 0.500. The molecule has 5 nitrogen and oxygen atoms in total. The second kappa shape index (κ2) is 7.60. The molecule has 0 aliphatic heterocycles. The molecule has 1 heterocycles. The van der Waals surface area contributed by atoms with Crippen LogP contribution in [0.3, 0.4) is 0 Å². The summed E-state index contributed by atoms with van der Waals surface area (Å²) in [6, 6.07) is 5.56. The lowest BCUT2D eigenvalue weighted by Gasteiger charge is -2.19. The second-order valence-corrected chi connectivity index (χ2v) is 3.63. The summed E-state index contributed by atoms with van der Waals surface area (Å²) >= 11 is 0. The number of anilines is 1. The van der Waals surface area contributed by atoms with E-state index in [1.807, 2.05) is 6.07 Å². The lowest BCUT2D eigenvalue weighted by atomic mass is 10.3. The normalized spacial score (nSPS) is 10.2. The highest BCUT2D eigenvalue weighted by atomic mass is 16.3. The maximum Gasteiger partial charge on any atom is 0.126 e. The van der Waals surface area contributed by atoms with Crippen molar-refractivity contribution in [1.82, 2.24) is 9.88 Å². The summed E-state index contributed by atoms with van der Waals surface area (Å²) in [5.41, 5.74) is 0.561. The number of aliphatic hydroxyl groups is 1.